The van der Waals surface area contributed by atoms with Crippen molar-refractivity contribution in [3.8, 4) is 0 Å². The van der Waals surface area contributed by atoms with E-state index in [0.29, 0.717) is 36.1 Å². The third kappa shape index (κ3) is 3.73. The Bertz CT molecular complexity index is 879. The lowest BCUT2D eigenvalue weighted by molar-refractivity contribution is 0.0928. The molecule has 1 saturated heterocycles. The quantitative estimate of drug-likeness (QED) is 0.849. The summed E-state index contributed by atoms with van der Waals surface area (Å²) in [4.78, 5) is 29.3. The molecule has 2 aliphatic rings. The average Bonchev–Trinajstić information content (AvgIpc) is 3.29. The minimum absolute atomic E-state index is 0.0384. The van der Waals surface area contributed by atoms with Crippen LogP contribution in [0.2, 0.25) is 0 Å². The number of nitrogens with zero attached hydrogens (tertiary/aromatic N) is 2. The third-order valence-corrected chi connectivity index (χ3v) is 5.34. The Morgan fingerprint density at radius 1 is 1.22 bits per heavy atom. The van der Waals surface area contributed by atoms with Crippen molar-refractivity contribution >= 4 is 17.6 Å². The minimum atomic E-state index is -0.204. The van der Waals surface area contributed by atoms with E-state index in [1.807, 2.05) is 20.0 Å². The second kappa shape index (κ2) is 7.15. The van der Waals surface area contributed by atoms with Gasteiger partial charge in [0.1, 0.15) is 5.82 Å². The lowest BCUT2D eigenvalue weighted by Gasteiger charge is -2.11. The van der Waals surface area contributed by atoms with E-state index < -0.39 is 0 Å². The molecule has 7 nitrogen and oxygen atoms in total. The molecular weight excluding hydrogens is 344 g/mol. The smallest absolute Gasteiger partial charge is 0.258 e. The number of ether oxygens (including phenoxy) is 1. The topological polar surface area (TPSA) is 85.2 Å². The Hall–Kier alpha value is -2.67. The van der Waals surface area contributed by atoms with Crippen LogP contribution < -0.4 is 10.6 Å². The minimum Gasteiger partial charge on any atom is -0.379 e. The number of aromatic nitrogens is 2. The van der Waals surface area contributed by atoms with E-state index in [0.717, 1.165) is 12.1 Å². The van der Waals surface area contributed by atoms with Crippen LogP contribution >= 0.6 is 0 Å². The van der Waals surface area contributed by atoms with Crippen molar-refractivity contribution < 1.29 is 14.3 Å². The highest BCUT2D eigenvalue weighted by Crippen LogP contribution is 2.41. The lowest BCUT2D eigenvalue weighted by atomic mass is 10.2. The Morgan fingerprint density at radius 2 is 2.04 bits per heavy atom. The van der Waals surface area contributed by atoms with Crippen molar-refractivity contribution in [2.75, 3.05) is 18.5 Å². The summed E-state index contributed by atoms with van der Waals surface area (Å²) in [7, 11) is 2.00. The van der Waals surface area contributed by atoms with Crippen LogP contribution in [-0.4, -0.2) is 40.6 Å². The van der Waals surface area contributed by atoms with E-state index in [1.165, 1.54) is 24.7 Å². The normalized spacial score (nSPS) is 19.1. The van der Waals surface area contributed by atoms with Crippen LogP contribution in [0.4, 0.5) is 5.82 Å². The van der Waals surface area contributed by atoms with Gasteiger partial charge < -0.3 is 19.9 Å². The number of amides is 2. The standard InChI is InChI=1S/C20H24N4O3/c1-12-16(10-17(24(12)2)13-3-4-13)20(26)23-18-9-14(5-7-21-18)19(25)22-15-6-8-27-11-15/h5,7,9-10,13,15H,3-4,6,8,11H2,1-2H3,(H,22,25)(H,21,23,26)/t15-/m0/s1. The molecule has 3 heterocycles. The van der Waals surface area contributed by atoms with Gasteiger partial charge in [-0.15, -0.1) is 0 Å². The Labute approximate surface area is 158 Å². The van der Waals surface area contributed by atoms with E-state index >= 15 is 0 Å². The molecule has 2 aromatic heterocycles. The van der Waals surface area contributed by atoms with E-state index in [9.17, 15) is 9.59 Å². The number of hydrogen-bond donors (Lipinski definition) is 2. The Balaban J connectivity index is 1.47. The van der Waals surface area contributed by atoms with Crippen molar-refractivity contribution in [2.45, 2.75) is 38.1 Å². The fraction of sp³-hybridized carbons (Fsp3) is 0.450. The molecule has 1 atom stereocenters. The number of carbonyl (C=O) groups excluding carboxylic acids is 2. The number of rotatable bonds is 5. The molecule has 1 aliphatic carbocycles. The highest BCUT2D eigenvalue weighted by atomic mass is 16.5. The van der Waals surface area contributed by atoms with Crippen molar-refractivity contribution in [3.05, 3.63) is 46.9 Å². The van der Waals surface area contributed by atoms with E-state index in [2.05, 4.69) is 20.2 Å². The highest BCUT2D eigenvalue weighted by Gasteiger charge is 2.29. The van der Waals surface area contributed by atoms with Gasteiger partial charge in [0.25, 0.3) is 11.8 Å². The zero-order chi connectivity index (χ0) is 19.0. The predicted octanol–water partition coefficient (Wildman–Crippen LogP) is 2.38. The number of hydrogen-bond acceptors (Lipinski definition) is 4. The maximum Gasteiger partial charge on any atom is 0.258 e. The van der Waals surface area contributed by atoms with Gasteiger partial charge in [-0.25, -0.2) is 4.98 Å². The lowest BCUT2D eigenvalue weighted by Crippen LogP contribution is -2.35. The van der Waals surface area contributed by atoms with Gasteiger partial charge in [-0.1, -0.05) is 0 Å². The summed E-state index contributed by atoms with van der Waals surface area (Å²) in [6.07, 6.45) is 4.71. The summed E-state index contributed by atoms with van der Waals surface area (Å²) in [6.45, 7) is 3.15. The molecule has 7 heteroatoms. The largest absolute Gasteiger partial charge is 0.379 e. The van der Waals surface area contributed by atoms with Gasteiger partial charge in [-0.05, 0) is 50.3 Å². The van der Waals surface area contributed by atoms with Crippen molar-refractivity contribution in [1.29, 1.82) is 0 Å². The summed E-state index contributed by atoms with van der Waals surface area (Å²) in [5.74, 6) is 0.547. The molecular formula is C20H24N4O3. The van der Waals surface area contributed by atoms with Gasteiger partial charge in [0.05, 0.1) is 18.2 Å². The number of pyridine rings is 1. The first-order chi connectivity index (χ1) is 13.0. The maximum atomic E-state index is 12.7. The first-order valence-electron chi connectivity index (χ1n) is 9.35. The predicted molar refractivity (Wildman–Crippen MR) is 101 cm³/mol. The van der Waals surface area contributed by atoms with Crippen molar-refractivity contribution in [2.24, 2.45) is 7.05 Å². The summed E-state index contributed by atoms with van der Waals surface area (Å²) < 4.78 is 7.37. The fourth-order valence-corrected chi connectivity index (χ4v) is 3.47. The molecule has 0 unspecified atom stereocenters. The highest BCUT2D eigenvalue weighted by molar-refractivity contribution is 6.05. The second-order valence-corrected chi connectivity index (χ2v) is 7.32. The number of nitrogens with one attached hydrogen (secondary N) is 2. The molecule has 142 valence electrons. The molecule has 2 amide bonds. The number of carbonyl (C=O) groups is 2. The van der Waals surface area contributed by atoms with Gasteiger partial charge in [0.15, 0.2) is 0 Å². The van der Waals surface area contributed by atoms with E-state index in [4.69, 9.17) is 4.74 Å². The maximum absolute atomic E-state index is 12.7. The van der Waals surface area contributed by atoms with E-state index in [-0.39, 0.29) is 17.9 Å². The van der Waals surface area contributed by atoms with Gasteiger partial charge in [-0.3, -0.25) is 9.59 Å². The fourth-order valence-electron chi connectivity index (χ4n) is 3.47. The first-order valence-corrected chi connectivity index (χ1v) is 9.35. The van der Waals surface area contributed by atoms with Crippen molar-refractivity contribution in [3.63, 3.8) is 0 Å². The molecule has 27 heavy (non-hydrogen) atoms. The molecule has 0 aromatic carbocycles. The SMILES string of the molecule is Cc1c(C(=O)Nc2cc(C(=O)N[C@H]3CCOC3)ccn2)cc(C2CC2)n1C. The monoisotopic (exact) mass is 368 g/mol. The van der Waals surface area contributed by atoms with E-state index in [1.54, 1.807) is 12.1 Å². The zero-order valence-electron chi connectivity index (χ0n) is 15.6. The number of anilines is 1. The first kappa shape index (κ1) is 17.7. The molecule has 0 radical (unpaired) electrons. The zero-order valence-corrected chi connectivity index (χ0v) is 15.6. The summed E-state index contributed by atoms with van der Waals surface area (Å²) in [5, 5.41) is 5.76. The summed E-state index contributed by atoms with van der Waals surface area (Å²) in [6, 6.07) is 5.25. The molecule has 2 fully saturated rings. The second-order valence-electron chi connectivity index (χ2n) is 7.32. The van der Waals surface area contributed by atoms with Crippen LogP contribution in [0, 0.1) is 6.92 Å². The van der Waals surface area contributed by atoms with Crippen LogP contribution in [0.1, 0.15) is 57.3 Å². The molecule has 2 N–H and O–H groups in total. The molecule has 4 rings (SSSR count). The summed E-state index contributed by atoms with van der Waals surface area (Å²) >= 11 is 0. The molecule has 0 spiro atoms. The van der Waals surface area contributed by atoms with Gasteiger partial charge in [0.2, 0.25) is 0 Å². The van der Waals surface area contributed by atoms with Crippen molar-refractivity contribution in [1.82, 2.24) is 14.9 Å². The molecule has 0 bridgehead atoms. The molecule has 2 aromatic rings. The Morgan fingerprint density at radius 3 is 2.74 bits per heavy atom. The average molecular weight is 368 g/mol. The van der Waals surface area contributed by atoms with Crippen LogP contribution in [0.25, 0.3) is 0 Å². The van der Waals surface area contributed by atoms with Crippen LogP contribution in [0.15, 0.2) is 24.4 Å². The van der Waals surface area contributed by atoms with Crippen LogP contribution in [0.5, 0.6) is 0 Å². The third-order valence-electron chi connectivity index (χ3n) is 5.34. The Kier molecular flexibility index (Phi) is 4.70. The summed E-state index contributed by atoms with van der Waals surface area (Å²) in [5.41, 5.74) is 3.26. The van der Waals surface area contributed by atoms with Gasteiger partial charge in [-0.2, -0.15) is 0 Å². The van der Waals surface area contributed by atoms with Crippen LogP contribution in [-0.2, 0) is 11.8 Å². The molecule has 1 saturated carbocycles. The van der Waals surface area contributed by atoms with Gasteiger partial charge in [0, 0.05) is 36.8 Å². The van der Waals surface area contributed by atoms with Crippen LogP contribution in [0.3, 0.4) is 0 Å². The molecule has 1 aliphatic heterocycles. The van der Waals surface area contributed by atoms with Gasteiger partial charge >= 0.3 is 0 Å².